The molecule has 1 aromatic rings. The van der Waals surface area contributed by atoms with Gasteiger partial charge in [0.25, 0.3) is 0 Å². The molecule has 0 radical (unpaired) electrons. The van der Waals surface area contributed by atoms with E-state index in [0.29, 0.717) is 24.4 Å². The minimum atomic E-state index is -0.158. The zero-order valence-corrected chi connectivity index (χ0v) is 16.6. The first kappa shape index (κ1) is 22.1. The Labute approximate surface area is 156 Å². The molecule has 0 aromatic heterocycles. The number of halogens is 2. The molecule has 0 aliphatic heterocycles. The van der Waals surface area contributed by atoms with Crippen LogP contribution in [0.15, 0.2) is 29.3 Å². The molecule has 0 unspecified atom stereocenters. The van der Waals surface area contributed by atoms with Gasteiger partial charge in [0.05, 0.1) is 0 Å². The van der Waals surface area contributed by atoms with Crippen LogP contribution in [0, 0.1) is 11.7 Å². The highest BCUT2D eigenvalue weighted by Crippen LogP contribution is 2.05. The van der Waals surface area contributed by atoms with E-state index in [1.807, 2.05) is 6.07 Å². The monoisotopic (exact) mass is 437 g/mol. The van der Waals surface area contributed by atoms with Gasteiger partial charge in [-0.2, -0.15) is 0 Å². The molecule has 0 amide bonds. The zero-order valence-electron chi connectivity index (χ0n) is 14.3. The van der Waals surface area contributed by atoms with E-state index in [0.717, 1.165) is 32.1 Å². The van der Waals surface area contributed by atoms with Crippen molar-refractivity contribution in [3.8, 4) is 0 Å². The lowest BCUT2D eigenvalue weighted by Gasteiger charge is -2.12. The van der Waals surface area contributed by atoms with Gasteiger partial charge in [-0.05, 0) is 30.4 Å². The third-order valence-electron chi connectivity index (χ3n) is 3.08. The number of aliphatic imine (C=N–C) groups is 1. The number of nitrogens with zero attached hydrogens (tertiary/aromatic N) is 1. The van der Waals surface area contributed by atoms with Crippen molar-refractivity contribution in [2.24, 2.45) is 10.9 Å². The van der Waals surface area contributed by atoms with Crippen LogP contribution in [0.2, 0.25) is 0 Å². The van der Waals surface area contributed by atoms with Crippen molar-refractivity contribution < 1.29 is 9.13 Å². The fourth-order valence-electron chi connectivity index (χ4n) is 1.94. The van der Waals surface area contributed by atoms with E-state index in [1.54, 1.807) is 19.2 Å². The van der Waals surface area contributed by atoms with Crippen molar-refractivity contribution in [1.29, 1.82) is 0 Å². The lowest BCUT2D eigenvalue weighted by Crippen LogP contribution is -2.39. The first-order valence-corrected chi connectivity index (χ1v) is 7.89. The normalized spacial score (nSPS) is 11.3. The molecule has 0 saturated carbocycles. The van der Waals surface area contributed by atoms with E-state index in [9.17, 15) is 4.39 Å². The van der Waals surface area contributed by atoms with Crippen molar-refractivity contribution >= 4 is 29.9 Å². The maximum absolute atomic E-state index is 13.5. The highest BCUT2D eigenvalue weighted by atomic mass is 127. The Morgan fingerprint density at radius 3 is 2.57 bits per heavy atom. The van der Waals surface area contributed by atoms with Gasteiger partial charge in [-0.15, -0.1) is 24.0 Å². The van der Waals surface area contributed by atoms with Crippen LogP contribution >= 0.6 is 24.0 Å². The van der Waals surface area contributed by atoms with Crippen molar-refractivity contribution in [3.05, 3.63) is 35.6 Å². The van der Waals surface area contributed by atoms with E-state index in [-0.39, 0.29) is 29.8 Å². The molecule has 0 heterocycles. The van der Waals surface area contributed by atoms with Gasteiger partial charge in [0, 0.05) is 33.4 Å². The van der Waals surface area contributed by atoms with Crippen LogP contribution in [0.4, 0.5) is 4.39 Å². The van der Waals surface area contributed by atoms with Gasteiger partial charge in [0.2, 0.25) is 0 Å². The van der Waals surface area contributed by atoms with Gasteiger partial charge in [0.15, 0.2) is 5.96 Å². The minimum absolute atomic E-state index is 0. The summed E-state index contributed by atoms with van der Waals surface area (Å²) in [7, 11) is 1.73. The number of hydrogen-bond donors (Lipinski definition) is 2. The number of hydrogen-bond acceptors (Lipinski definition) is 2. The second-order valence-corrected chi connectivity index (χ2v) is 5.59. The molecule has 0 atom stereocenters. The van der Waals surface area contributed by atoms with Crippen LogP contribution in [-0.4, -0.2) is 39.3 Å². The minimum Gasteiger partial charge on any atom is -0.381 e. The molecule has 0 spiro atoms. The van der Waals surface area contributed by atoms with Crippen LogP contribution in [-0.2, 0) is 11.2 Å². The van der Waals surface area contributed by atoms with Crippen LogP contribution < -0.4 is 10.6 Å². The Bertz CT molecular complexity index is 455. The summed E-state index contributed by atoms with van der Waals surface area (Å²) in [5, 5.41) is 6.41. The summed E-state index contributed by atoms with van der Waals surface area (Å²) in [6.07, 6.45) is 1.56. The average molecular weight is 437 g/mol. The predicted molar refractivity (Wildman–Crippen MR) is 105 cm³/mol. The molecule has 0 aliphatic carbocycles. The van der Waals surface area contributed by atoms with Gasteiger partial charge in [-0.1, -0.05) is 32.0 Å². The summed E-state index contributed by atoms with van der Waals surface area (Å²) in [5.41, 5.74) is 0.715. The molecule has 6 heteroatoms. The van der Waals surface area contributed by atoms with Crippen LogP contribution in [0.25, 0.3) is 0 Å². The van der Waals surface area contributed by atoms with E-state index < -0.39 is 0 Å². The highest BCUT2D eigenvalue weighted by Gasteiger charge is 2.01. The van der Waals surface area contributed by atoms with E-state index >= 15 is 0 Å². The van der Waals surface area contributed by atoms with E-state index in [4.69, 9.17) is 4.74 Å². The Morgan fingerprint density at radius 2 is 1.91 bits per heavy atom. The second-order valence-electron chi connectivity index (χ2n) is 5.59. The maximum atomic E-state index is 13.5. The van der Waals surface area contributed by atoms with Crippen molar-refractivity contribution in [2.75, 3.05) is 33.4 Å². The second kappa shape index (κ2) is 13.5. The standard InChI is InChI=1S/C17H28FN3O.HI/c1-14(2)13-22-12-6-10-20-17(19-3)21-11-9-15-7-4-5-8-16(15)18;/h4-5,7-8,14H,6,9-13H2,1-3H3,(H2,19,20,21);1H. The molecular formula is C17H29FIN3O. The summed E-state index contributed by atoms with van der Waals surface area (Å²) in [6.45, 7) is 7.27. The molecule has 0 saturated heterocycles. The maximum Gasteiger partial charge on any atom is 0.190 e. The molecule has 0 bridgehead atoms. The average Bonchev–Trinajstić information content (AvgIpc) is 2.50. The highest BCUT2D eigenvalue weighted by molar-refractivity contribution is 14.0. The summed E-state index contributed by atoms with van der Waals surface area (Å²) in [5.74, 6) is 1.15. The van der Waals surface area contributed by atoms with Gasteiger partial charge < -0.3 is 15.4 Å². The molecule has 132 valence electrons. The van der Waals surface area contributed by atoms with E-state index in [2.05, 4.69) is 29.5 Å². The number of guanidine groups is 1. The Hall–Kier alpha value is -0.890. The number of nitrogens with one attached hydrogen (secondary N) is 2. The molecule has 4 nitrogen and oxygen atoms in total. The molecular weight excluding hydrogens is 408 g/mol. The van der Waals surface area contributed by atoms with Crippen molar-refractivity contribution in [3.63, 3.8) is 0 Å². The van der Waals surface area contributed by atoms with Gasteiger partial charge in [0.1, 0.15) is 5.82 Å². The molecule has 0 aliphatic rings. The van der Waals surface area contributed by atoms with Crippen molar-refractivity contribution in [1.82, 2.24) is 10.6 Å². The topological polar surface area (TPSA) is 45.7 Å². The summed E-state index contributed by atoms with van der Waals surface area (Å²) in [4.78, 5) is 4.15. The van der Waals surface area contributed by atoms with E-state index in [1.165, 1.54) is 6.07 Å². The third-order valence-corrected chi connectivity index (χ3v) is 3.08. The molecule has 0 fully saturated rings. The van der Waals surface area contributed by atoms with Crippen molar-refractivity contribution in [2.45, 2.75) is 26.7 Å². The lowest BCUT2D eigenvalue weighted by molar-refractivity contribution is 0.108. The van der Waals surface area contributed by atoms with Crippen LogP contribution in [0.1, 0.15) is 25.8 Å². The quantitative estimate of drug-likeness (QED) is 0.270. The fourth-order valence-corrected chi connectivity index (χ4v) is 1.94. The summed E-state index contributed by atoms with van der Waals surface area (Å²) in [6, 6.07) is 6.84. The van der Waals surface area contributed by atoms with Gasteiger partial charge >= 0.3 is 0 Å². The summed E-state index contributed by atoms with van der Waals surface area (Å²) < 4.78 is 19.0. The Morgan fingerprint density at radius 1 is 1.22 bits per heavy atom. The third kappa shape index (κ3) is 10.5. The smallest absolute Gasteiger partial charge is 0.190 e. The first-order chi connectivity index (χ1) is 10.6. The van der Waals surface area contributed by atoms with Gasteiger partial charge in [-0.25, -0.2) is 4.39 Å². The first-order valence-electron chi connectivity index (χ1n) is 7.89. The lowest BCUT2D eigenvalue weighted by atomic mass is 10.1. The van der Waals surface area contributed by atoms with Crippen LogP contribution in [0.3, 0.4) is 0 Å². The Kier molecular flexibility index (Phi) is 13.0. The predicted octanol–water partition coefficient (Wildman–Crippen LogP) is 3.21. The molecule has 1 aromatic carbocycles. The number of ether oxygens (including phenoxy) is 1. The molecule has 1 rings (SSSR count). The number of benzene rings is 1. The summed E-state index contributed by atoms with van der Waals surface area (Å²) >= 11 is 0. The van der Waals surface area contributed by atoms with Crippen LogP contribution in [0.5, 0.6) is 0 Å². The molecule has 23 heavy (non-hydrogen) atoms. The molecule has 2 N–H and O–H groups in total. The number of rotatable bonds is 9. The zero-order chi connectivity index (χ0) is 16.2. The largest absolute Gasteiger partial charge is 0.381 e. The SMILES string of the molecule is CN=C(NCCCOCC(C)C)NCCc1ccccc1F.I. The Balaban J connectivity index is 0.00000484. The fraction of sp³-hybridized carbons (Fsp3) is 0.588. The van der Waals surface area contributed by atoms with Gasteiger partial charge in [-0.3, -0.25) is 4.99 Å².